The number of hydrogen-bond donors (Lipinski definition) is 2. The summed E-state index contributed by atoms with van der Waals surface area (Å²) in [4.78, 5) is 12.2. The highest BCUT2D eigenvalue weighted by Crippen LogP contribution is 2.22. The number of carbonyl (C=O) groups is 1. The topological polar surface area (TPSA) is 58.9 Å². The summed E-state index contributed by atoms with van der Waals surface area (Å²) in [6, 6.07) is 9.69. The van der Waals surface area contributed by atoms with Crippen LogP contribution in [0.15, 0.2) is 36.5 Å². The SMILES string of the molecule is CCNC(C)c1ccccc1NC(=O)c1ccn(C)n1. The average Bonchev–Trinajstić information content (AvgIpc) is 2.86. The molecule has 0 fully saturated rings. The van der Waals surface area contributed by atoms with Crippen LogP contribution in [-0.2, 0) is 7.05 Å². The van der Waals surface area contributed by atoms with Crippen molar-refractivity contribution in [1.82, 2.24) is 15.1 Å². The lowest BCUT2D eigenvalue weighted by atomic mass is 10.1. The number of para-hydroxylation sites is 1. The lowest BCUT2D eigenvalue weighted by Crippen LogP contribution is -2.21. The highest BCUT2D eigenvalue weighted by Gasteiger charge is 2.14. The number of amides is 1. The zero-order valence-corrected chi connectivity index (χ0v) is 12.1. The Labute approximate surface area is 119 Å². The predicted molar refractivity (Wildman–Crippen MR) is 79.7 cm³/mol. The molecule has 1 heterocycles. The molecule has 0 aliphatic heterocycles. The van der Waals surface area contributed by atoms with Gasteiger partial charge in [-0.15, -0.1) is 0 Å². The maximum Gasteiger partial charge on any atom is 0.276 e. The van der Waals surface area contributed by atoms with E-state index in [4.69, 9.17) is 0 Å². The van der Waals surface area contributed by atoms with Crippen LogP contribution in [0.5, 0.6) is 0 Å². The van der Waals surface area contributed by atoms with Crippen molar-refractivity contribution in [3.8, 4) is 0 Å². The first-order valence-corrected chi connectivity index (χ1v) is 6.75. The minimum absolute atomic E-state index is 0.181. The molecule has 1 atom stereocenters. The third kappa shape index (κ3) is 3.24. The van der Waals surface area contributed by atoms with E-state index in [9.17, 15) is 4.79 Å². The van der Waals surface area contributed by atoms with E-state index in [0.717, 1.165) is 17.8 Å². The maximum absolute atomic E-state index is 12.2. The van der Waals surface area contributed by atoms with E-state index in [1.54, 1.807) is 24.0 Å². The number of hydrogen-bond acceptors (Lipinski definition) is 3. The molecule has 2 N–H and O–H groups in total. The van der Waals surface area contributed by atoms with Gasteiger partial charge in [0, 0.05) is 25.0 Å². The largest absolute Gasteiger partial charge is 0.320 e. The Hall–Kier alpha value is -2.14. The lowest BCUT2D eigenvalue weighted by molar-refractivity contribution is 0.102. The van der Waals surface area contributed by atoms with Crippen molar-refractivity contribution >= 4 is 11.6 Å². The van der Waals surface area contributed by atoms with Crippen molar-refractivity contribution in [3.63, 3.8) is 0 Å². The van der Waals surface area contributed by atoms with Gasteiger partial charge >= 0.3 is 0 Å². The molecule has 2 aromatic rings. The standard InChI is InChI=1S/C15H20N4O/c1-4-16-11(2)12-7-5-6-8-13(12)17-15(20)14-9-10-19(3)18-14/h5-11,16H,4H2,1-3H3,(H,17,20). The molecule has 1 amide bonds. The summed E-state index contributed by atoms with van der Waals surface area (Å²) >= 11 is 0. The average molecular weight is 272 g/mol. The monoisotopic (exact) mass is 272 g/mol. The Balaban J connectivity index is 2.19. The van der Waals surface area contributed by atoms with Crippen LogP contribution in [0.2, 0.25) is 0 Å². The van der Waals surface area contributed by atoms with Crippen LogP contribution in [0.25, 0.3) is 0 Å². The molecule has 1 aromatic heterocycles. The summed E-state index contributed by atoms with van der Waals surface area (Å²) in [7, 11) is 1.79. The highest BCUT2D eigenvalue weighted by molar-refractivity contribution is 6.03. The van der Waals surface area contributed by atoms with Crippen molar-refractivity contribution < 1.29 is 4.79 Å². The fraction of sp³-hybridized carbons (Fsp3) is 0.333. The van der Waals surface area contributed by atoms with Gasteiger partial charge < -0.3 is 10.6 Å². The van der Waals surface area contributed by atoms with Gasteiger partial charge in [0.15, 0.2) is 5.69 Å². The van der Waals surface area contributed by atoms with Crippen LogP contribution < -0.4 is 10.6 Å². The van der Waals surface area contributed by atoms with Gasteiger partial charge in [0.25, 0.3) is 5.91 Å². The molecule has 5 heteroatoms. The molecule has 5 nitrogen and oxygen atoms in total. The quantitative estimate of drug-likeness (QED) is 0.878. The zero-order valence-electron chi connectivity index (χ0n) is 12.1. The molecule has 106 valence electrons. The van der Waals surface area contributed by atoms with Gasteiger partial charge in [-0.3, -0.25) is 9.48 Å². The van der Waals surface area contributed by atoms with E-state index < -0.39 is 0 Å². The van der Waals surface area contributed by atoms with Crippen LogP contribution >= 0.6 is 0 Å². The van der Waals surface area contributed by atoms with Crippen LogP contribution in [0.4, 0.5) is 5.69 Å². The van der Waals surface area contributed by atoms with E-state index in [2.05, 4.69) is 29.6 Å². The highest BCUT2D eigenvalue weighted by atomic mass is 16.1. The molecule has 0 bridgehead atoms. The molecule has 20 heavy (non-hydrogen) atoms. The molecule has 0 spiro atoms. The summed E-state index contributed by atoms with van der Waals surface area (Å²) < 4.78 is 1.61. The van der Waals surface area contributed by atoms with Crippen molar-refractivity contribution in [2.24, 2.45) is 7.05 Å². The molecule has 2 rings (SSSR count). The number of anilines is 1. The number of benzene rings is 1. The number of aryl methyl sites for hydroxylation is 1. The minimum atomic E-state index is -0.193. The van der Waals surface area contributed by atoms with Crippen LogP contribution in [0.3, 0.4) is 0 Å². The smallest absolute Gasteiger partial charge is 0.276 e. The van der Waals surface area contributed by atoms with Gasteiger partial charge in [-0.25, -0.2) is 0 Å². The number of aromatic nitrogens is 2. The van der Waals surface area contributed by atoms with Crippen molar-refractivity contribution in [2.75, 3.05) is 11.9 Å². The normalized spacial score (nSPS) is 12.2. The van der Waals surface area contributed by atoms with Gasteiger partial charge in [0.05, 0.1) is 0 Å². The van der Waals surface area contributed by atoms with E-state index in [1.165, 1.54) is 0 Å². The first-order valence-electron chi connectivity index (χ1n) is 6.75. The Morgan fingerprint density at radius 1 is 1.35 bits per heavy atom. The summed E-state index contributed by atoms with van der Waals surface area (Å²) in [6.45, 7) is 5.02. The first kappa shape index (κ1) is 14.3. The van der Waals surface area contributed by atoms with Crippen molar-refractivity contribution in [2.45, 2.75) is 19.9 Å². The summed E-state index contributed by atoms with van der Waals surface area (Å²) in [5.41, 5.74) is 2.30. The number of nitrogens with one attached hydrogen (secondary N) is 2. The first-order chi connectivity index (χ1) is 9.61. The number of rotatable bonds is 5. The Kier molecular flexibility index (Phi) is 4.53. The number of nitrogens with zero attached hydrogens (tertiary/aromatic N) is 2. The molecule has 0 saturated carbocycles. The van der Waals surface area contributed by atoms with E-state index in [-0.39, 0.29) is 11.9 Å². The fourth-order valence-electron chi connectivity index (χ4n) is 2.13. The third-order valence-corrected chi connectivity index (χ3v) is 3.13. The van der Waals surface area contributed by atoms with Crippen molar-refractivity contribution in [1.29, 1.82) is 0 Å². The van der Waals surface area contributed by atoms with Crippen LogP contribution in [0, 0.1) is 0 Å². The molecule has 1 unspecified atom stereocenters. The second kappa shape index (κ2) is 6.34. The summed E-state index contributed by atoms with van der Waals surface area (Å²) in [5, 5.41) is 10.4. The van der Waals surface area contributed by atoms with Gasteiger partial charge in [0.2, 0.25) is 0 Å². The second-order valence-corrected chi connectivity index (χ2v) is 4.70. The van der Waals surface area contributed by atoms with E-state index in [0.29, 0.717) is 5.69 Å². The van der Waals surface area contributed by atoms with Crippen LogP contribution in [0.1, 0.15) is 35.9 Å². The zero-order chi connectivity index (χ0) is 14.5. The molecule has 1 aromatic carbocycles. The number of carbonyl (C=O) groups excluding carboxylic acids is 1. The summed E-state index contributed by atoms with van der Waals surface area (Å²) in [5.74, 6) is -0.193. The predicted octanol–water partition coefficient (Wildman–Crippen LogP) is 2.34. The van der Waals surface area contributed by atoms with Gasteiger partial charge in [-0.05, 0) is 31.2 Å². The molecular formula is C15H20N4O. The molecule has 0 aliphatic carbocycles. The van der Waals surface area contributed by atoms with Crippen molar-refractivity contribution in [3.05, 3.63) is 47.8 Å². The molecule has 0 aliphatic rings. The lowest BCUT2D eigenvalue weighted by Gasteiger charge is -2.17. The van der Waals surface area contributed by atoms with Gasteiger partial charge in [0.1, 0.15) is 0 Å². The Morgan fingerprint density at radius 3 is 2.75 bits per heavy atom. The second-order valence-electron chi connectivity index (χ2n) is 4.70. The van der Waals surface area contributed by atoms with E-state index in [1.807, 2.05) is 24.3 Å². The Morgan fingerprint density at radius 2 is 2.10 bits per heavy atom. The summed E-state index contributed by atoms with van der Waals surface area (Å²) in [6.07, 6.45) is 1.75. The van der Waals surface area contributed by atoms with E-state index >= 15 is 0 Å². The van der Waals surface area contributed by atoms with Gasteiger partial charge in [-0.1, -0.05) is 25.1 Å². The van der Waals surface area contributed by atoms with Crippen LogP contribution in [-0.4, -0.2) is 22.2 Å². The molecule has 0 radical (unpaired) electrons. The molecular weight excluding hydrogens is 252 g/mol. The molecule has 0 saturated heterocycles. The third-order valence-electron chi connectivity index (χ3n) is 3.13. The maximum atomic E-state index is 12.2. The fourth-order valence-corrected chi connectivity index (χ4v) is 2.13. The minimum Gasteiger partial charge on any atom is -0.320 e. The Bertz CT molecular complexity index is 591. The van der Waals surface area contributed by atoms with Gasteiger partial charge in [-0.2, -0.15) is 5.10 Å².